The van der Waals surface area contributed by atoms with Gasteiger partial charge in [0.25, 0.3) is 0 Å². The minimum absolute atomic E-state index is 0.124. The molecule has 0 aliphatic carbocycles. The zero-order chi connectivity index (χ0) is 20.7. The summed E-state index contributed by atoms with van der Waals surface area (Å²) in [5.74, 6) is 0.471. The fraction of sp³-hybridized carbons (Fsp3) is 0.905. The van der Waals surface area contributed by atoms with Gasteiger partial charge in [0, 0.05) is 45.7 Å². The van der Waals surface area contributed by atoms with E-state index in [9.17, 15) is 9.59 Å². The topological polar surface area (TPSA) is 71.1 Å². The van der Waals surface area contributed by atoms with Crippen molar-refractivity contribution in [2.24, 2.45) is 5.92 Å². The van der Waals surface area contributed by atoms with Gasteiger partial charge in [0.05, 0.1) is 12.2 Å². The van der Waals surface area contributed by atoms with Crippen molar-refractivity contribution in [2.45, 2.75) is 78.1 Å². The zero-order valence-corrected chi connectivity index (χ0v) is 18.3. The quantitative estimate of drug-likeness (QED) is 0.698. The van der Waals surface area contributed by atoms with Gasteiger partial charge in [0.1, 0.15) is 5.60 Å². The number of nitrogens with one attached hydrogen (secondary N) is 1. The van der Waals surface area contributed by atoms with E-state index in [1.807, 2.05) is 20.8 Å². The number of likely N-dealkylation sites (tertiary alicyclic amines) is 1. The first kappa shape index (κ1) is 22.9. The van der Waals surface area contributed by atoms with E-state index in [2.05, 4.69) is 24.1 Å². The highest BCUT2D eigenvalue weighted by molar-refractivity contribution is 5.76. The van der Waals surface area contributed by atoms with Gasteiger partial charge in [0.15, 0.2) is 0 Å². The number of amides is 2. The molecule has 2 amide bonds. The maximum absolute atomic E-state index is 12.2. The number of ether oxygens (including phenoxy) is 2. The lowest BCUT2D eigenvalue weighted by molar-refractivity contribution is -0.122. The van der Waals surface area contributed by atoms with Gasteiger partial charge in [-0.2, -0.15) is 0 Å². The zero-order valence-electron chi connectivity index (χ0n) is 18.3. The number of hydrogen-bond donors (Lipinski definition) is 1. The lowest BCUT2D eigenvalue weighted by atomic mass is 9.93. The lowest BCUT2D eigenvalue weighted by Gasteiger charge is -2.35. The molecule has 7 heteroatoms. The van der Waals surface area contributed by atoms with E-state index >= 15 is 0 Å². The maximum atomic E-state index is 12.2. The van der Waals surface area contributed by atoms with Crippen molar-refractivity contribution >= 4 is 12.0 Å². The Balaban J connectivity index is 1.57. The molecule has 2 aliphatic heterocycles. The molecule has 162 valence electrons. The molecule has 2 fully saturated rings. The van der Waals surface area contributed by atoms with Crippen LogP contribution in [-0.4, -0.2) is 78.9 Å². The fourth-order valence-corrected chi connectivity index (χ4v) is 3.98. The van der Waals surface area contributed by atoms with Crippen molar-refractivity contribution in [2.75, 3.05) is 39.3 Å². The Labute approximate surface area is 170 Å². The molecule has 2 saturated heterocycles. The van der Waals surface area contributed by atoms with Crippen LogP contribution < -0.4 is 5.32 Å². The summed E-state index contributed by atoms with van der Waals surface area (Å²) in [6.07, 6.45) is 3.54. The smallest absolute Gasteiger partial charge is 0.410 e. The van der Waals surface area contributed by atoms with Crippen LogP contribution in [0.5, 0.6) is 0 Å². The summed E-state index contributed by atoms with van der Waals surface area (Å²) >= 11 is 0. The third-order valence-corrected chi connectivity index (χ3v) is 5.21. The van der Waals surface area contributed by atoms with Gasteiger partial charge in [-0.25, -0.2) is 4.79 Å². The second-order valence-corrected chi connectivity index (χ2v) is 9.34. The maximum Gasteiger partial charge on any atom is 0.410 e. The van der Waals surface area contributed by atoms with E-state index in [1.165, 1.54) is 0 Å². The van der Waals surface area contributed by atoms with Crippen molar-refractivity contribution in [3.05, 3.63) is 0 Å². The molecular weight excluding hydrogens is 358 g/mol. The normalized spacial score (nSPS) is 24.8. The van der Waals surface area contributed by atoms with Crippen LogP contribution in [0.1, 0.15) is 60.3 Å². The van der Waals surface area contributed by atoms with Crippen LogP contribution >= 0.6 is 0 Å². The summed E-state index contributed by atoms with van der Waals surface area (Å²) in [5, 5.41) is 3.05. The van der Waals surface area contributed by atoms with Gasteiger partial charge in [-0.1, -0.05) is 0 Å². The van der Waals surface area contributed by atoms with E-state index in [1.54, 1.807) is 4.90 Å². The van der Waals surface area contributed by atoms with Crippen LogP contribution in [0, 0.1) is 5.92 Å². The summed E-state index contributed by atoms with van der Waals surface area (Å²) in [6, 6.07) is 0. The molecule has 2 atom stereocenters. The molecule has 0 aromatic heterocycles. The summed E-state index contributed by atoms with van der Waals surface area (Å²) < 4.78 is 11.2. The highest BCUT2D eigenvalue weighted by Crippen LogP contribution is 2.22. The molecule has 0 spiro atoms. The Morgan fingerprint density at radius 1 is 1.11 bits per heavy atom. The van der Waals surface area contributed by atoms with E-state index in [0.29, 0.717) is 25.4 Å². The molecule has 1 N–H and O–H groups in total. The van der Waals surface area contributed by atoms with Gasteiger partial charge in [-0.05, 0) is 59.8 Å². The van der Waals surface area contributed by atoms with Gasteiger partial charge < -0.3 is 19.7 Å². The number of morpholine rings is 1. The Kier molecular flexibility index (Phi) is 8.56. The number of carbonyl (C=O) groups excluding carboxylic acids is 2. The van der Waals surface area contributed by atoms with Crippen molar-refractivity contribution in [3.63, 3.8) is 0 Å². The third kappa shape index (κ3) is 8.35. The van der Waals surface area contributed by atoms with Crippen LogP contribution in [0.2, 0.25) is 0 Å². The van der Waals surface area contributed by atoms with Crippen molar-refractivity contribution in [1.29, 1.82) is 0 Å². The predicted molar refractivity (Wildman–Crippen MR) is 109 cm³/mol. The van der Waals surface area contributed by atoms with Gasteiger partial charge >= 0.3 is 6.09 Å². The van der Waals surface area contributed by atoms with Crippen molar-refractivity contribution < 1.29 is 19.1 Å². The largest absolute Gasteiger partial charge is 0.444 e. The average molecular weight is 398 g/mol. The van der Waals surface area contributed by atoms with E-state index in [0.717, 1.165) is 45.4 Å². The number of carbonyl (C=O) groups is 2. The molecule has 2 unspecified atom stereocenters. The summed E-state index contributed by atoms with van der Waals surface area (Å²) in [7, 11) is 0. The molecule has 2 heterocycles. The summed E-state index contributed by atoms with van der Waals surface area (Å²) in [6.45, 7) is 14.8. The van der Waals surface area contributed by atoms with E-state index in [-0.39, 0.29) is 24.2 Å². The Morgan fingerprint density at radius 2 is 1.71 bits per heavy atom. The number of piperidine rings is 1. The molecule has 0 aromatic rings. The fourth-order valence-electron chi connectivity index (χ4n) is 3.98. The van der Waals surface area contributed by atoms with Crippen LogP contribution in [-0.2, 0) is 14.3 Å². The standard InChI is InChI=1S/C21H39N3O4/c1-16-14-23(15-17(2)27-16)10-6-9-22-19(25)13-18-7-11-24(12-8-18)20(26)28-21(3,4)5/h16-18H,6-15H2,1-5H3,(H,22,25). The van der Waals surface area contributed by atoms with Gasteiger partial charge in [-0.3, -0.25) is 9.69 Å². The first-order valence-corrected chi connectivity index (χ1v) is 10.7. The molecule has 28 heavy (non-hydrogen) atoms. The monoisotopic (exact) mass is 397 g/mol. The molecule has 0 bridgehead atoms. The van der Waals surface area contributed by atoms with Gasteiger partial charge in [-0.15, -0.1) is 0 Å². The molecule has 0 saturated carbocycles. The van der Waals surface area contributed by atoms with E-state index in [4.69, 9.17) is 9.47 Å². The van der Waals surface area contributed by atoms with Crippen molar-refractivity contribution in [3.8, 4) is 0 Å². The molecule has 0 radical (unpaired) electrons. The highest BCUT2D eigenvalue weighted by Gasteiger charge is 2.27. The second kappa shape index (κ2) is 10.4. The van der Waals surface area contributed by atoms with Crippen LogP contribution in [0.3, 0.4) is 0 Å². The SMILES string of the molecule is CC1CN(CCCNC(=O)CC2CCN(C(=O)OC(C)(C)C)CC2)CC(C)O1. The Bertz CT molecular complexity index is 502. The second-order valence-electron chi connectivity index (χ2n) is 9.34. The van der Waals surface area contributed by atoms with Crippen molar-refractivity contribution in [1.82, 2.24) is 15.1 Å². The molecular formula is C21H39N3O4. The number of hydrogen-bond acceptors (Lipinski definition) is 5. The third-order valence-electron chi connectivity index (χ3n) is 5.21. The summed E-state index contributed by atoms with van der Waals surface area (Å²) in [5.41, 5.74) is -0.467. The molecule has 7 nitrogen and oxygen atoms in total. The van der Waals surface area contributed by atoms with Crippen LogP contribution in [0.4, 0.5) is 4.79 Å². The first-order valence-electron chi connectivity index (χ1n) is 10.7. The van der Waals surface area contributed by atoms with E-state index < -0.39 is 5.60 Å². The van der Waals surface area contributed by atoms with Gasteiger partial charge in [0.2, 0.25) is 5.91 Å². The van der Waals surface area contributed by atoms with Crippen LogP contribution in [0.15, 0.2) is 0 Å². The first-order chi connectivity index (χ1) is 13.1. The average Bonchev–Trinajstić information content (AvgIpc) is 2.57. The number of nitrogens with zero attached hydrogens (tertiary/aromatic N) is 2. The highest BCUT2D eigenvalue weighted by atomic mass is 16.6. The predicted octanol–water partition coefficient (Wildman–Crippen LogP) is 2.64. The molecule has 2 aliphatic rings. The minimum Gasteiger partial charge on any atom is -0.444 e. The Hall–Kier alpha value is -1.34. The lowest BCUT2D eigenvalue weighted by Crippen LogP contribution is -2.46. The molecule has 2 rings (SSSR count). The number of rotatable bonds is 6. The summed E-state index contributed by atoms with van der Waals surface area (Å²) in [4.78, 5) is 28.5. The van der Waals surface area contributed by atoms with Crippen LogP contribution in [0.25, 0.3) is 0 Å². The Morgan fingerprint density at radius 3 is 2.29 bits per heavy atom. The molecule has 0 aromatic carbocycles. The minimum atomic E-state index is -0.467.